The van der Waals surface area contributed by atoms with E-state index in [9.17, 15) is 14.4 Å². The lowest BCUT2D eigenvalue weighted by Crippen LogP contribution is -2.45. The number of urea groups is 1. The van der Waals surface area contributed by atoms with Crippen LogP contribution in [0.4, 0.5) is 4.79 Å². The van der Waals surface area contributed by atoms with Gasteiger partial charge in [0.05, 0.1) is 6.61 Å². The Balaban J connectivity index is 2.32. The van der Waals surface area contributed by atoms with E-state index < -0.39 is 24.0 Å². The van der Waals surface area contributed by atoms with Crippen molar-refractivity contribution in [3.63, 3.8) is 0 Å². The molecule has 0 saturated heterocycles. The maximum Gasteiger partial charge on any atom is 0.375 e. The molecule has 1 aromatic heterocycles. The molecule has 134 valence electrons. The molecule has 1 aromatic carbocycles. The SMILES string of the molecule is COCc1c(C(=O)O[C@@H](C(=O)NC(N)=O)C(C)C)oc2ccccc12. The molecule has 8 heteroatoms. The lowest BCUT2D eigenvalue weighted by molar-refractivity contribution is -0.131. The molecular formula is C17H20N2O6. The highest BCUT2D eigenvalue weighted by Gasteiger charge is 2.31. The van der Waals surface area contributed by atoms with E-state index >= 15 is 0 Å². The average molecular weight is 348 g/mol. The second kappa shape index (κ2) is 7.80. The summed E-state index contributed by atoms with van der Waals surface area (Å²) in [7, 11) is 1.49. The van der Waals surface area contributed by atoms with Crippen LogP contribution < -0.4 is 11.1 Å². The Labute approximate surface area is 144 Å². The lowest BCUT2D eigenvalue weighted by atomic mass is 10.1. The molecule has 2 aromatic rings. The van der Waals surface area contributed by atoms with Crippen molar-refractivity contribution in [2.75, 3.05) is 7.11 Å². The minimum absolute atomic E-state index is 0.0411. The molecule has 0 aliphatic heterocycles. The molecule has 0 saturated carbocycles. The van der Waals surface area contributed by atoms with E-state index in [1.54, 1.807) is 32.0 Å². The van der Waals surface area contributed by atoms with Gasteiger partial charge >= 0.3 is 12.0 Å². The molecule has 8 nitrogen and oxygen atoms in total. The quantitative estimate of drug-likeness (QED) is 0.770. The normalized spacial score (nSPS) is 12.2. The summed E-state index contributed by atoms with van der Waals surface area (Å²) in [6.45, 7) is 3.49. The second-order valence-corrected chi connectivity index (χ2v) is 5.76. The third-order valence-electron chi connectivity index (χ3n) is 3.52. The maximum absolute atomic E-state index is 12.5. The highest BCUT2D eigenvalue weighted by molar-refractivity contribution is 6.00. The van der Waals surface area contributed by atoms with E-state index in [1.165, 1.54) is 7.11 Å². The first-order valence-electron chi connectivity index (χ1n) is 7.65. The van der Waals surface area contributed by atoms with Crippen LogP contribution in [-0.4, -0.2) is 31.1 Å². The van der Waals surface area contributed by atoms with E-state index in [4.69, 9.17) is 19.6 Å². The Morgan fingerprint density at radius 3 is 2.52 bits per heavy atom. The first-order chi connectivity index (χ1) is 11.8. The standard InChI is InChI=1S/C17H20N2O6/c1-9(2)13(15(20)19-17(18)22)25-16(21)14-11(8-23-3)10-6-4-5-7-12(10)24-14/h4-7,9,13H,8H2,1-3H3,(H3,18,19,20,22)/t13-/m1/s1. The van der Waals surface area contributed by atoms with Gasteiger partial charge < -0.3 is 19.6 Å². The minimum Gasteiger partial charge on any atom is -0.449 e. The van der Waals surface area contributed by atoms with E-state index in [2.05, 4.69) is 0 Å². The number of primary amides is 1. The number of amides is 3. The molecule has 0 fully saturated rings. The second-order valence-electron chi connectivity index (χ2n) is 5.76. The number of carbonyl (C=O) groups excluding carboxylic acids is 3. The summed E-state index contributed by atoms with van der Waals surface area (Å²) in [5, 5.41) is 2.64. The van der Waals surface area contributed by atoms with Crippen LogP contribution in [0.3, 0.4) is 0 Å². The fourth-order valence-electron chi connectivity index (χ4n) is 2.41. The molecule has 3 amide bonds. The molecule has 0 bridgehead atoms. The number of nitrogens with two attached hydrogens (primary N) is 1. The highest BCUT2D eigenvalue weighted by Crippen LogP contribution is 2.27. The molecule has 1 heterocycles. The number of para-hydroxylation sites is 1. The largest absolute Gasteiger partial charge is 0.449 e. The van der Waals surface area contributed by atoms with Crippen LogP contribution in [0.1, 0.15) is 30.0 Å². The lowest BCUT2D eigenvalue weighted by Gasteiger charge is -2.19. The van der Waals surface area contributed by atoms with Gasteiger partial charge in [0.15, 0.2) is 6.10 Å². The maximum atomic E-state index is 12.5. The number of nitrogens with one attached hydrogen (secondary N) is 1. The zero-order valence-electron chi connectivity index (χ0n) is 14.2. The summed E-state index contributed by atoms with van der Waals surface area (Å²) in [4.78, 5) is 35.4. The van der Waals surface area contributed by atoms with Crippen LogP contribution in [0.5, 0.6) is 0 Å². The van der Waals surface area contributed by atoms with Gasteiger partial charge in [-0.3, -0.25) is 10.1 Å². The Kier molecular flexibility index (Phi) is 5.76. The van der Waals surface area contributed by atoms with Gasteiger partial charge in [0, 0.05) is 18.1 Å². The van der Waals surface area contributed by atoms with Crippen LogP contribution in [-0.2, 0) is 20.9 Å². The van der Waals surface area contributed by atoms with E-state index in [1.807, 2.05) is 11.4 Å². The van der Waals surface area contributed by atoms with Gasteiger partial charge in [-0.25, -0.2) is 9.59 Å². The van der Waals surface area contributed by atoms with Crippen molar-refractivity contribution in [2.45, 2.75) is 26.6 Å². The predicted octanol–water partition coefficient (Wildman–Crippen LogP) is 1.96. The molecule has 1 atom stereocenters. The van der Waals surface area contributed by atoms with Gasteiger partial charge in [-0.1, -0.05) is 32.0 Å². The van der Waals surface area contributed by atoms with Crippen LogP contribution in [0, 0.1) is 5.92 Å². The number of hydrogen-bond donors (Lipinski definition) is 2. The number of fused-ring (bicyclic) bond motifs is 1. The van der Waals surface area contributed by atoms with Gasteiger partial charge in [-0.05, 0) is 12.0 Å². The Morgan fingerprint density at radius 1 is 1.24 bits per heavy atom. The summed E-state index contributed by atoms with van der Waals surface area (Å²) in [6, 6.07) is 6.07. The number of carbonyl (C=O) groups is 3. The van der Waals surface area contributed by atoms with Crippen LogP contribution in [0.15, 0.2) is 28.7 Å². The number of furan rings is 1. The number of methoxy groups -OCH3 is 1. The summed E-state index contributed by atoms with van der Waals surface area (Å²) < 4.78 is 16.0. The van der Waals surface area contributed by atoms with Crippen molar-refractivity contribution in [1.82, 2.24) is 5.32 Å². The van der Waals surface area contributed by atoms with Gasteiger partial charge in [-0.2, -0.15) is 0 Å². The first-order valence-corrected chi connectivity index (χ1v) is 7.65. The van der Waals surface area contributed by atoms with Crippen molar-refractivity contribution >= 4 is 28.9 Å². The van der Waals surface area contributed by atoms with Crippen molar-refractivity contribution in [3.8, 4) is 0 Å². The average Bonchev–Trinajstić information content (AvgIpc) is 2.90. The number of benzene rings is 1. The van der Waals surface area contributed by atoms with E-state index in [0.717, 1.165) is 5.39 Å². The number of esters is 1. The van der Waals surface area contributed by atoms with E-state index in [0.29, 0.717) is 11.1 Å². The van der Waals surface area contributed by atoms with Crippen molar-refractivity contribution in [2.24, 2.45) is 11.7 Å². The summed E-state index contributed by atoms with van der Waals surface area (Å²) in [5.74, 6) is -2.03. The molecule has 25 heavy (non-hydrogen) atoms. The van der Waals surface area contributed by atoms with Gasteiger partial charge in [0.25, 0.3) is 5.91 Å². The zero-order valence-corrected chi connectivity index (χ0v) is 14.2. The van der Waals surface area contributed by atoms with Crippen molar-refractivity contribution in [3.05, 3.63) is 35.6 Å². The number of ether oxygens (including phenoxy) is 2. The third kappa shape index (κ3) is 4.16. The summed E-state index contributed by atoms with van der Waals surface area (Å²) in [6.07, 6.45) is -1.19. The number of imide groups is 1. The molecule has 0 radical (unpaired) electrons. The third-order valence-corrected chi connectivity index (χ3v) is 3.52. The first kappa shape index (κ1) is 18.5. The van der Waals surface area contributed by atoms with Crippen molar-refractivity contribution < 1.29 is 28.3 Å². The molecule has 3 N–H and O–H groups in total. The number of rotatable bonds is 6. The Hall–Kier alpha value is -2.87. The fraction of sp³-hybridized carbons (Fsp3) is 0.353. The highest BCUT2D eigenvalue weighted by atomic mass is 16.6. The smallest absolute Gasteiger partial charge is 0.375 e. The zero-order chi connectivity index (χ0) is 18.6. The van der Waals surface area contributed by atoms with E-state index in [-0.39, 0.29) is 18.3 Å². The molecule has 0 spiro atoms. The molecule has 0 unspecified atom stereocenters. The Morgan fingerprint density at radius 2 is 1.92 bits per heavy atom. The van der Waals surface area contributed by atoms with Gasteiger partial charge in [-0.15, -0.1) is 0 Å². The summed E-state index contributed by atoms with van der Waals surface area (Å²) in [5.41, 5.74) is 5.97. The summed E-state index contributed by atoms with van der Waals surface area (Å²) >= 11 is 0. The number of hydrogen-bond acceptors (Lipinski definition) is 6. The minimum atomic E-state index is -1.19. The predicted molar refractivity (Wildman–Crippen MR) is 88.7 cm³/mol. The Bertz CT molecular complexity index is 796. The van der Waals surface area contributed by atoms with Crippen LogP contribution >= 0.6 is 0 Å². The topological polar surface area (TPSA) is 121 Å². The molecule has 0 aliphatic rings. The molecule has 2 rings (SSSR count). The van der Waals surface area contributed by atoms with Gasteiger partial charge in [0.1, 0.15) is 5.58 Å². The fourth-order valence-corrected chi connectivity index (χ4v) is 2.41. The van der Waals surface area contributed by atoms with Crippen LogP contribution in [0.25, 0.3) is 11.0 Å². The molecular weight excluding hydrogens is 328 g/mol. The molecule has 0 aliphatic carbocycles. The van der Waals surface area contributed by atoms with Crippen LogP contribution in [0.2, 0.25) is 0 Å². The monoisotopic (exact) mass is 348 g/mol. The van der Waals surface area contributed by atoms with Gasteiger partial charge in [0.2, 0.25) is 5.76 Å². The van der Waals surface area contributed by atoms with Crippen molar-refractivity contribution in [1.29, 1.82) is 0 Å².